The lowest BCUT2D eigenvalue weighted by molar-refractivity contribution is -0.219. The van der Waals surface area contributed by atoms with Crippen molar-refractivity contribution >= 4 is 15.9 Å². The summed E-state index contributed by atoms with van der Waals surface area (Å²) in [6, 6.07) is 0. The fourth-order valence-electron chi connectivity index (χ4n) is 2.46. The second-order valence-corrected chi connectivity index (χ2v) is 6.03. The topological polar surface area (TPSA) is 55.5 Å². The van der Waals surface area contributed by atoms with Crippen LogP contribution in [0.5, 0.6) is 0 Å². The molecular weight excluding hydrogens is 375 g/mol. The molecule has 0 saturated carbocycles. The van der Waals surface area contributed by atoms with Crippen LogP contribution in [0.1, 0.15) is 27.7 Å². The van der Waals surface area contributed by atoms with Crippen LogP contribution in [0.2, 0.25) is 0 Å². The van der Waals surface area contributed by atoms with Crippen molar-refractivity contribution < 1.29 is 23.0 Å². The molecule has 0 amide bonds. The molecule has 3 N–H and O–H groups in total. The summed E-state index contributed by atoms with van der Waals surface area (Å²) in [7, 11) is 0. The van der Waals surface area contributed by atoms with Crippen LogP contribution < -0.4 is 5.73 Å². The number of aliphatic hydroxyl groups is 1. The molecule has 0 aliphatic carbocycles. The first-order valence-electron chi connectivity index (χ1n) is 7.35. The second-order valence-electron chi connectivity index (χ2n) is 5.11. The van der Waals surface area contributed by atoms with Crippen molar-refractivity contribution in [2.75, 3.05) is 13.2 Å². The molecule has 1 saturated heterocycles. The quantitative estimate of drug-likeness (QED) is 0.700. The lowest BCUT2D eigenvalue weighted by atomic mass is 9.76. The fraction of sp³-hybridized carbons (Fsp3) is 0.625. The van der Waals surface area contributed by atoms with E-state index >= 15 is 0 Å². The Balaban J connectivity index is 0.00000232. The molecule has 0 spiro atoms. The molecule has 1 rings (SSSR count). The van der Waals surface area contributed by atoms with Gasteiger partial charge in [0.2, 0.25) is 0 Å². The van der Waals surface area contributed by atoms with E-state index in [0.717, 1.165) is 0 Å². The van der Waals surface area contributed by atoms with E-state index < -0.39 is 30.3 Å². The Hall–Kier alpha value is -0.630. The van der Waals surface area contributed by atoms with Crippen LogP contribution in [0.25, 0.3) is 0 Å². The van der Waals surface area contributed by atoms with Gasteiger partial charge >= 0.3 is 6.18 Å². The van der Waals surface area contributed by atoms with Gasteiger partial charge in [0.1, 0.15) is 0 Å². The summed E-state index contributed by atoms with van der Waals surface area (Å²) in [4.78, 5) is 0. The standard InChI is InChI=1S/C14H19BrF3NO2.C2H6/c1-4-9(15)5-10(8(2)3)13(19)7-21-12(11(13)6-20)14(16,17)18;1-2/h4-5,11-12,20H,2,6-7,19H2,1,3H3;1-2H3/b9-4+,10-5+;. The van der Waals surface area contributed by atoms with Crippen molar-refractivity contribution in [1.82, 2.24) is 0 Å². The largest absolute Gasteiger partial charge is 0.415 e. The van der Waals surface area contributed by atoms with Gasteiger partial charge in [-0.2, -0.15) is 13.2 Å². The van der Waals surface area contributed by atoms with Gasteiger partial charge < -0.3 is 15.6 Å². The van der Waals surface area contributed by atoms with E-state index in [2.05, 4.69) is 22.5 Å². The number of nitrogens with two attached hydrogens (primary N) is 1. The number of ether oxygens (including phenoxy) is 1. The lowest BCUT2D eigenvalue weighted by Crippen LogP contribution is -2.53. The Morgan fingerprint density at radius 3 is 2.35 bits per heavy atom. The average molecular weight is 400 g/mol. The van der Waals surface area contributed by atoms with Gasteiger partial charge in [-0.15, -0.1) is 0 Å². The molecule has 0 aromatic rings. The third-order valence-electron chi connectivity index (χ3n) is 3.57. The molecular formula is C16H25BrF3NO2. The van der Waals surface area contributed by atoms with Crippen LogP contribution in [0.3, 0.4) is 0 Å². The number of aliphatic hydroxyl groups excluding tert-OH is 1. The highest BCUT2D eigenvalue weighted by molar-refractivity contribution is 9.11. The van der Waals surface area contributed by atoms with Gasteiger partial charge in [0.05, 0.1) is 18.8 Å². The molecule has 0 bridgehead atoms. The summed E-state index contributed by atoms with van der Waals surface area (Å²) < 4.78 is 44.5. The molecule has 134 valence electrons. The molecule has 3 unspecified atom stereocenters. The Bertz CT molecular complexity index is 474. The molecule has 0 aromatic carbocycles. The van der Waals surface area contributed by atoms with E-state index in [1.54, 1.807) is 26.0 Å². The van der Waals surface area contributed by atoms with Crippen LogP contribution in [-0.2, 0) is 4.74 Å². The van der Waals surface area contributed by atoms with Crippen molar-refractivity contribution in [1.29, 1.82) is 0 Å². The van der Waals surface area contributed by atoms with E-state index in [9.17, 15) is 18.3 Å². The summed E-state index contributed by atoms with van der Waals surface area (Å²) in [6.07, 6.45) is -3.31. The van der Waals surface area contributed by atoms with Crippen molar-refractivity contribution in [2.24, 2.45) is 11.7 Å². The Morgan fingerprint density at radius 2 is 2.00 bits per heavy atom. The molecule has 0 radical (unpaired) electrons. The van der Waals surface area contributed by atoms with Gasteiger partial charge in [-0.05, 0) is 25.5 Å². The lowest BCUT2D eigenvalue weighted by Gasteiger charge is -2.33. The highest BCUT2D eigenvalue weighted by Crippen LogP contribution is 2.43. The first-order chi connectivity index (χ1) is 10.6. The number of allylic oxidation sites excluding steroid dienone is 3. The maximum Gasteiger partial charge on any atom is 0.415 e. The summed E-state index contributed by atoms with van der Waals surface area (Å²) in [5.74, 6) is -1.28. The highest BCUT2D eigenvalue weighted by atomic mass is 79.9. The number of hydrogen-bond donors (Lipinski definition) is 2. The molecule has 1 aliphatic rings. The normalized spacial score (nSPS) is 29.1. The summed E-state index contributed by atoms with van der Waals surface area (Å²) in [5.41, 5.74) is 5.70. The van der Waals surface area contributed by atoms with E-state index in [1.165, 1.54) is 0 Å². The second kappa shape index (κ2) is 9.01. The highest BCUT2D eigenvalue weighted by Gasteiger charge is 2.58. The first-order valence-corrected chi connectivity index (χ1v) is 8.15. The van der Waals surface area contributed by atoms with Crippen LogP contribution in [-0.4, -0.2) is 36.1 Å². The van der Waals surface area contributed by atoms with E-state index in [0.29, 0.717) is 15.6 Å². The SMILES string of the molecule is C=C(C)/C(=C\C(Br)=C/C)C1(N)COC(C(F)(F)F)C1CO.CC. The third kappa shape index (κ3) is 5.17. The van der Waals surface area contributed by atoms with Crippen molar-refractivity contribution in [3.63, 3.8) is 0 Å². The van der Waals surface area contributed by atoms with Crippen molar-refractivity contribution in [3.8, 4) is 0 Å². The summed E-state index contributed by atoms with van der Waals surface area (Å²) >= 11 is 3.28. The van der Waals surface area contributed by atoms with Crippen LogP contribution >= 0.6 is 15.9 Å². The zero-order valence-corrected chi connectivity index (χ0v) is 15.5. The van der Waals surface area contributed by atoms with E-state index in [1.807, 2.05) is 13.8 Å². The first kappa shape index (κ1) is 22.4. The minimum Gasteiger partial charge on any atom is -0.396 e. The fourth-order valence-corrected chi connectivity index (χ4v) is 2.68. The Labute approximate surface area is 144 Å². The molecule has 1 heterocycles. The van der Waals surface area contributed by atoms with E-state index in [4.69, 9.17) is 10.5 Å². The molecule has 7 heteroatoms. The van der Waals surface area contributed by atoms with Gasteiger partial charge in [-0.25, -0.2) is 0 Å². The van der Waals surface area contributed by atoms with Crippen LogP contribution in [0.4, 0.5) is 13.2 Å². The monoisotopic (exact) mass is 399 g/mol. The third-order valence-corrected chi connectivity index (χ3v) is 4.25. The Kier molecular flexibility index (Phi) is 8.76. The molecule has 3 nitrogen and oxygen atoms in total. The number of hydrogen-bond acceptors (Lipinski definition) is 3. The van der Waals surface area contributed by atoms with Gasteiger partial charge in [-0.1, -0.05) is 48.0 Å². The van der Waals surface area contributed by atoms with Gasteiger partial charge in [0.25, 0.3) is 0 Å². The number of rotatable bonds is 4. The van der Waals surface area contributed by atoms with Crippen LogP contribution in [0.15, 0.2) is 34.4 Å². The van der Waals surface area contributed by atoms with Gasteiger partial charge in [0.15, 0.2) is 6.10 Å². The van der Waals surface area contributed by atoms with Crippen molar-refractivity contribution in [2.45, 2.75) is 45.5 Å². The Morgan fingerprint density at radius 1 is 1.48 bits per heavy atom. The molecule has 1 fully saturated rings. The minimum absolute atomic E-state index is 0.328. The zero-order chi connectivity index (χ0) is 18.4. The predicted molar refractivity (Wildman–Crippen MR) is 90.2 cm³/mol. The summed E-state index contributed by atoms with van der Waals surface area (Å²) in [6.45, 7) is 10.2. The summed E-state index contributed by atoms with van der Waals surface area (Å²) in [5, 5.41) is 9.41. The maximum atomic E-state index is 13.0. The van der Waals surface area contributed by atoms with Crippen LogP contribution in [0, 0.1) is 5.92 Å². The number of alkyl halides is 3. The van der Waals surface area contributed by atoms with Gasteiger partial charge in [-0.3, -0.25) is 0 Å². The minimum atomic E-state index is -4.58. The molecule has 1 aliphatic heterocycles. The van der Waals surface area contributed by atoms with E-state index in [-0.39, 0.29) is 6.61 Å². The predicted octanol–water partition coefficient (Wildman–Crippen LogP) is 4.08. The number of halogens is 4. The average Bonchev–Trinajstić information content (AvgIpc) is 2.83. The zero-order valence-electron chi connectivity index (χ0n) is 13.9. The molecule has 3 atom stereocenters. The molecule has 23 heavy (non-hydrogen) atoms. The smallest absolute Gasteiger partial charge is 0.396 e. The van der Waals surface area contributed by atoms with Crippen molar-refractivity contribution in [3.05, 3.63) is 34.4 Å². The maximum absolute atomic E-state index is 13.0. The molecule has 0 aromatic heterocycles. The van der Waals surface area contributed by atoms with Gasteiger partial charge in [0, 0.05) is 10.4 Å².